The fraction of sp³-hybridized carbons (Fsp3) is 0.134. The standard InChI is InChI=1S/C15H9IN2.C15H8IN.C15H20N2O.C14H7IN2.C13H7IN2S.C10H11IN2/c1-11-3-2-4-15(18-11)6-5-12-7-13(10-17)9-14(16)8-12;16-15-9-13(8-14(10-15)11-17)7-6-12-4-2-1-3-5-12;1-13-5-7-14(8-6-13)11-18-9-3-4-15-10-17(2)12-16-15;15-13-8-11(7-12(9-13)10-16)4-5-14-3-1-2-6-17-14;1-9-16-13(8-17-9)3-2-10-4-11(7-15)6-12(14)5-10;1-6-4-8(11)10-9(5-6)13(3)7(2)12-10/h2-4,7-9H,1H3;1-5,8-10H;5-8,10,12H,3-4,9,11H2,1-2H3;1-3,6-9H;4-6,8H,1H3;4-5H,1-3H3. The van der Waals surface area contributed by atoms with E-state index in [-0.39, 0.29) is 0 Å². The van der Waals surface area contributed by atoms with Crippen molar-refractivity contribution in [1.29, 1.82) is 21.0 Å². The van der Waals surface area contributed by atoms with E-state index in [0.717, 1.165) is 106 Å². The predicted molar refractivity (Wildman–Crippen MR) is 441 cm³/mol. The summed E-state index contributed by atoms with van der Waals surface area (Å²) in [5, 5.41) is 38.4. The first kappa shape index (κ1) is 78.3. The second-order valence-electron chi connectivity index (χ2n) is 21.9. The zero-order valence-corrected chi connectivity index (χ0v) is 67.1. The summed E-state index contributed by atoms with van der Waals surface area (Å²) in [7, 11) is 4.05. The molecule has 18 heteroatoms. The van der Waals surface area contributed by atoms with Gasteiger partial charge in [-0.05, 0) is 311 Å². The second kappa shape index (κ2) is 41.5. The van der Waals surface area contributed by atoms with Crippen LogP contribution in [-0.4, -0.2) is 40.7 Å². The van der Waals surface area contributed by atoms with E-state index in [1.807, 2.05) is 159 Å². The van der Waals surface area contributed by atoms with Gasteiger partial charge in [0.1, 0.15) is 28.4 Å². The van der Waals surface area contributed by atoms with Crippen molar-refractivity contribution < 1.29 is 4.74 Å². The zero-order valence-electron chi connectivity index (χ0n) is 55.5. The third-order valence-corrected chi connectivity index (χ3v) is 17.7. The van der Waals surface area contributed by atoms with Crippen molar-refractivity contribution in [2.24, 2.45) is 14.1 Å². The molecule has 12 aromatic rings. The molecule has 0 radical (unpaired) electrons. The van der Waals surface area contributed by atoms with Crippen molar-refractivity contribution in [2.75, 3.05) is 6.61 Å². The second-order valence-corrected chi connectivity index (χ2v) is 29.1. The number of aromatic nitrogens is 7. The summed E-state index contributed by atoms with van der Waals surface area (Å²) in [6.45, 7) is 11.6. The van der Waals surface area contributed by atoms with Crippen LogP contribution in [0.2, 0.25) is 0 Å². The maximum absolute atomic E-state index is 8.89. The molecule has 7 aromatic carbocycles. The lowest BCUT2D eigenvalue weighted by Crippen LogP contribution is -1.97. The molecule has 0 fully saturated rings. The number of thiazole rings is 1. The quantitative estimate of drug-likeness (QED) is 0.0883. The Kier molecular flexibility index (Phi) is 32.5. The molecule has 5 heterocycles. The van der Waals surface area contributed by atoms with E-state index >= 15 is 0 Å². The van der Waals surface area contributed by atoms with Crippen LogP contribution in [0.25, 0.3) is 11.0 Å². The van der Waals surface area contributed by atoms with Crippen LogP contribution in [0.3, 0.4) is 0 Å². The van der Waals surface area contributed by atoms with E-state index in [1.165, 1.54) is 25.8 Å². The van der Waals surface area contributed by atoms with Gasteiger partial charge < -0.3 is 13.9 Å². The third-order valence-electron chi connectivity index (χ3n) is 13.6. The molecule has 0 saturated heterocycles. The minimum atomic E-state index is 0.627. The van der Waals surface area contributed by atoms with Crippen LogP contribution < -0.4 is 0 Å². The van der Waals surface area contributed by atoms with E-state index in [0.29, 0.717) is 28.9 Å². The number of hydrogen-bond acceptors (Lipinski definition) is 11. The van der Waals surface area contributed by atoms with Gasteiger partial charge in [0.2, 0.25) is 0 Å². The molecule has 100 heavy (non-hydrogen) atoms. The Balaban J connectivity index is 0.000000169. The largest absolute Gasteiger partial charge is 0.377 e. The lowest BCUT2D eigenvalue weighted by molar-refractivity contribution is 0.118. The number of ether oxygens (including phenoxy) is 1. The summed E-state index contributed by atoms with van der Waals surface area (Å²) in [5.41, 5.74) is 17.4. The first-order valence-electron chi connectivity index (χ1n) is 30.7. The van der Waals surface area contributed by atoms with Gasteiger partial charge in [-0.2, -0.15) is 21.0 Å². The van der Waals surface area contributed by atoms with E-state index in [9.17, 15) is 0 Å². The van der Waals surface area contributed by atoms with Gasteiger partial charge in [-0.1, -0.05) is 89.8 Å². The van der Waals surface area contributed by atoms with Crippen molar-refractivity contribution in [3.05, 3.63) is 324 Å². The monoisotopic (exact) mass is 1880 g/mol. The van der Waals surface area contributed by atoms with E-state index < -0.39 is 0 Å². The highest BCUT2D eigenvalue weighted by molar-refractivity contribution is 14.1. The smallest absolute Gasteiger partial charge is 0.124 e. The number of nitriles is 4. The van der Waals surface area contributed by atoms with Gasteiger partial charge in [0, 0.05) is 89.8 Å². The fourth-order valence-corrected chi connectivity index (χ4v) is 12.9. The molecule has 492 valence electrons. The van der Waals surface area contributed by atoms with Crippen molar-refractivity contribution >= 4 is 135 Å². The van der Waals surface area contributed by atoms with Gasteiger partial charge in [0.15, 0.2) is 0 Å². The molecule has 0 amide bonds. The van der Waals surface area contributed by atoms with E-state index in [4.69, 9.17) is 25.8 Å². The summed E-state index contributed by atoms with van der Waals surface area (Å²) in [6.07, 6.45) is 7.60. The van der Waals surface area contributed by atoms with Crippen LogP contribution in [0.4, 0.5) is 0 Å². The number of aryl methyl sites for hydroxylation is 8. The normalized spacial score (nSPS) is 9.64. The fourth-order valence-electron chi connectivity index (χ4n) is 8.77. The molecule has 0 bridgehead atoms. The highest BCUT2D eigenvalue weighted by Crippen LogP contribution is 2.23. The van der Waals surface area contributed by atoms with Crippen LogP contribution in [0.15, 0.2) is 200 Å². The topological polar surface area (TPSA) is 179 Å². The molecule has 0 atom stereocenters. The summed E-state index contributed by atoms with van der Waals surface area (Å²) in [6, 6.07) is 64.8. The van der Waals surface area contributed by atoms with Gasteiger partial charge in [0.25, 0.3) is 0 Å². The summed E-state index contributed by atoms with van der Waals surface area (Å²) in [4.78, 5) is 21.5. The molecule has 5 aromatic heterocycles. The maximum Gasteiger partial charge on any atom is 0.124 e. The van der Waals surface area contributed by atoms with Crippen LogP contribution in [0.5, 0.6) is 0 Å². The first-order chi connectivity index (χ1) is 48.2. The third kappa shape index (κ3) is 27.9. The SMILES string of the molecule is Cc1cc(I)c2nc(C)n(C)c2c1.Cc1ccc(COCCCc2cn(C)cn2)cc1.Cc1cccc(C#Cc2cc(I)cc(C#N)c2)n1.Cc1nc(C#Cc2cc(I)cc(C#N)c2)cs1.N#Cc1cc(I)cc(C#Cc2ccccc2)c1.N#Cc1cc(I)cc(C#Cc2ccccn2)c1. The number of fused-ring (bicyclic) bond motifs is 1. The molecule has 0 spiro atoms. The average molecular weight is 1880 g/mol. The van der Waals surface area contributed by atoms with Gasteiger partial charge in [-0.3, -0.25) is 0 Å². The Labute approximate surface area is 658 Å². The van der Waals surface area contributed by atoms with Crippen molar-refractivity contribution in [3.63, 3.8) is 0 Å². The summed E-state index contributed by atoms with van der Waals surface area (Å²) in [5.74, 6) is 25.3. The Morgan fingerprint density at radius 3 is 1.45 bits per heavy atom. The number of imidazole rings is 2. The molecule has 12 nitrogen and oxygen atoms in total. The molecule has 12 rings (SSSR count). The number of pyridine rings is 2. The Hall–Kier alpha value is -9.04. The molecule has 0 aliphatic rings. The van der Waals surface area contributed by atoms with Crippen LogP contribution in [-0.2, 0) is 31.9 Å². The summed E-state index contributed by atoms with van der Waals surface area (Å²) >= 11 is 12.6. The Morgan fingerprint density at radius 1 is 0.460 bits per heavy atom. The number of halogens is 5. The van der Waals surface area contributed by atoms with Crippen molar-refractivity contribution in [2.45, 2.75) is 54.1 Å². The van der Waals surface area contributed by atoms with Crippen molar-refractivity contribution in [3.8, 4) is 71.6 Å². The number of hydrogen-bond donors (Lipinski definition) is 0. The number of benzene rings is 7. The highest BCUT2D eigenvalue weighted by atomic mass is 127. The van der Waals surface area contributed by atoms with Gasteiger partial charge >= 0.3 is 0 Å². The summed E-state index contributed by atoms with van der Waals surface area (Å²) < 4.78 is 15.0. The molecule has 0 aliphatic carbocycles. The van der Waals surface area contributed by atoms with Crippen LogP contribution in [0.1, 0.15) is 112 Å². The molecule has 0 unspecified atom stereocenters. The average Bonchev–Trinajstić information content (AvgIpc) is 1.65. The van der Waals surface area contributed by atoms with Crippen LogP contribution in [0, 0.1) is 145 Å². The molecule has 0 saturated carbocycles. The number of nitrogens with zero attached hydrogens (tertiary/aromatic N) is 11. The minimum absolute atomic E-state index is 0.627. The molecule has 0 aliphatic heterocycles. The molecular weight excluding hydrogens is 1820 g/mol. The zero-order chi connectivity index (χ0) is 71.8. The van der Waals surface area contributed by atoms with Gasteiger partial charge in [0.05, 0.1) is 75.7 Å². The maximum atomic E-state index is 8.89. The predicted octanol–water partition coefficient (Wildman–Crippen LogP) is 18.8. The Morgan fingerprint density at radius 2 is 0.960 bits per heavy atom. The highest BCUT2D eigenvalue weighted by Gasteiger charge is 2.08. The number of rotatable bonds is 6. The van der Waals surface area contributed by atoms with E-state index in [1.54, 1.807) is 41.8 Å². The molecular formula is C82H62I5N11OS. The minimum Gasteiger partial charge on any atom is -0.377 e. The van der Waals surface area contributed by atoms with Crippen molar-refractivity contribution in [1.82, 2.24) is 34.1 Å². The molecule has 0 N–H and O–H groups in total. The van der Waals surface area contributed by atoms with Gasteiger partial charge in [-0.15, -0.1) is 11.3 Å². The Bertz CT molecular complexity index is 5130. The van der Waals surface area contributed by atoms with E-state index in [2.05, 4.69) is 278 Å². The lowest BCUT2D eigenvalue weighted by atomic mass is 10.1. The van der Waals surface area contributed by atoms with Crippen LogP contribution >= 0.6 is 124 Å². The first-order valence-corrected chi connectivity index (χ1v) is 36.9. The van der Waals surface area contributed by atoms with Gasteiger partial charge in [-0.25, -0.2) is 24.9 Å². The lowest BCUT2D eigenvalue weighted by Gasteiger charge is -2.04.